The highest BCUT2D eigenvalue weighted by Gasteiger charge is 2.40. The van der Waals surface area contributed by atoms with Gasteiger partial charge in [-0.15, -0.1) is 0 Å². The van der Waals surface area contributed by atoms with Gasteiger partial charge in [0.05, 0.1) is 5.69 Å². The summed E-state index contributed by atoms with van der Waals surface area (Å²) in [7, 11) is 0. The van der Waals surface area contributed by atoms with E-state index in [9.17, 15) is 9.59 Å². The summed E-state index contributed by atoms with van der Waals surface area (Å²) in [6.45, 7) is 5.49. The fourth-order valence-corrected chi connectivity index (χ4v) is 3.35. The molecule has 1 aliphatic rings. The Morgan fingerprint density at radius 2 is 1.64 bits per heavy atom. The summed E-state index contributed by atoms with van der Waals surface area (Å²) >= 11 is 0. The Hall–Kier alpha value is -3.06. The minimum absolute atomic E-state index is 0.0204. The normalized spacial score (nSPS) is 14.0. The van der Waals surface area contributed by atoms with Crippen molar-refractivity contribution >= 4 is 17.5 Å². The maximum absolute atomic E-state index is 13.1. The Bertz CT molecular complexity index is 905. The number of nitrogens with zero attached hydrogens (tertiary/aromatic N) is 1. The van der Waals surface area contributed by atoms with Gasteiger partial charge in [0.1, 0.15) is 6.04 Å². The second kappa shape index (κ2) is 8.75. The van der Waals surface area contributed by atoms with Crippen LogP contribution < -0.4 is 5.32 Å². The van der Waals surface area contributed by atoms with Crippen LogP contribution in [0, 0.1) is 17.8 Å². The lowest BCUT2D eigenvalue weighted by Gasteiger charge is -2.33. The van der Waals surface area contributed by atoms with Gasteiger partial charge in [0.15, 0.2) is 0 Å². The van der Waals surface area contributed by atoms with Crippen LogP contribution in [0.1, 0.15) is 44.7 Å². The van der Waals surface area contributed by atoms with Crippen molar-refractivity contribution in [2.75, 3.05) is 5.32 Å². The highest BCUT2D eigenvalue weighted by atomic mass is 16.2. The zero-order valence-electron chi connectivity index (χ0n) is 16.6. The predicted molar refractivity (Wildman–Crippen MR) is 112 cm³/mol. The Balaban J connectivity index is 1.83. The molecule has 28 heavy (non-hydrogen) atoms. The van der Waals surface area contributed by atoms with Crippen molar-refractivity contribution in [2.45, 2.75) is 45.7 Å². The van der Waals surface area contributed by atoms with E-state index in [4.69, 9.17) is 0 Å². The molecule has 2 amide bonds. The van der Waals surface area contributed by atoms with Gasteiger partial charge >= 0.3 is 0 Å². The first kappa shape index (κ1) is 19.7. The van der Waals surface area contributed by atoms with Crippen LogP contribution in [-0.2, 0) is 9.59 Å². The Morgan fingerprint density at radius 1 is 1.00 bits per heavy atom. The number of anilines is 1. The molecule has 1 saturated carbocycles. The zero-order valence-corrected chi connectivity index (χ0v) is 16.6. The molecule has 0 spiro atoms. The standard InChI is InChI=1S/C24H26N2O2/c1-17(2)23(26(18(3)27)21-15-16-21)24(28)25-22-12-8-7-11-20(22)14-13-19-9-5-4-6-10-19/h4-12,17,21,23H,15-16H2,1-3H3,(H,25,28). The molecule has 1 fully saturated rings. The minimum Gasteiger partial charge on any atom is -0.328 e. The summed E-state index contributed by atoms with van der Waals surface area (Å²) in [4.78, 5) is 27.0. The van der Waals surface area contributed by atoms with Crippen LogP contribution in [-0.4, -0.2) is 28.8 Å². The number of para-hydroxylation sites is 1. The van der Waals surface area contributed by atoms with E-state index in [1.54, 1.807) is 11.8 Å². The molecule has 2 aromatic rings. The summed E-state index contributed by atoms with van der Waals surface area (Å²) in [6, 6.07) is 16.9. The van der Waals surface area contributed by atoms with E-state index in [-0.39, 0.29) is 23.8 Å². The van der Waals surface area contributed by atoms with Gasteiger partial charge in [-0.05, 0) is 43.0 Å². The monoisotopic (exact) mass is 374 g/mol. The molecule has 4 nitrogen and oxygen atoms in total. The number of hydrogen-bond donors (Lipinski definition) is 1. The first-order valence-electron chi connectivity index (χ1n) is 9.73. The molecule has 3 rings (SSSR count). The number of carbonyl (C=O) groups excluding carboxylic acids is 2. The van der Waals surface area contributed by atoms with Crippen LogP contribution in [0.3, 0.4) is 0 Å². The number of nitrogens with one attached hydrogen (secondary N) is 1. The lowest BCUT2D eigenvalue weighted by molar-refractivity contribution is -0.139. The van der Waals surface area contributed by atoms with E-state index in [0.29, 0.717) is 5.69 Å². The molecule has 0 bridgehead atoms. The number of hydrogen-bond acceptors (Lipinski definition) is 2. The molecule has 0 radical (unpaired) electrons. The van der Waals surface area contributed by atoms with E-state index >= 15 is 0 Å². The molecule has 0 aromatic heterocycles. The molecule has 0 aliphatic heterocycles. The second-order valence-electron chi connectivity index (χ2n) is 7.50. The van der Waals surface area contributed by atoms with Crippen LogP contribution in [0.2, 0.25) is 0 Å². The van der Waals surface area contributed by atoms with Crippen LogP contribution in [0.25, 0.3) is 0 Å². The van der Waals surface area contributed by atoms with Gasteiger partial charge < -0.3 is 10.2 Å². The quantitative estimate of drug-likeness (QED) is 0.803. The first-order chi connectivity index (χ1) is 13.5. The van der Waals surface area contributed by atoms with Crippen LogP contribution in [0.5, 0.6) is 0 Å². The van der Waals surface area contributed by atoms with Gasteiger partial charge in [0, 0.05) is 24.1 Å². The van der Waals surface area contributed by atoms with E-state index in [1.807, 2.05) is 68.4 Å². The molecule has 2 aromatic carbocycles. The predicted octanol–water partition coefficient (Wildman–Crippen LogP) is 4.06. The number of carbonyl (C=O) groups is 2. The lowest BCUT2D eigenvalue weighted by Crippen LogP contribution is -2.50. The Morgan fingerprint density at radius 3 is 2.25 bits per heavy atom. The second-order valence-corrected chi connectivity index (χ2v) is 7.50. The smallest absolute Gasteiger partial charge is 0.247 e. The van der Waals surface area contributed by atoms with Gasteiger partial charge in [-0.1, -0.05) is 56.0 Å². The van der Waals surface area contributed by atoms with Gasteiger partial charge in [0.2, 0.25) is 11.8 Å². The SMILES string of the molecule is CC(=O)N(C1CC1)C(C(=O)Nc1ccccc1C#Cc1ccccc1)C(C)C. The Kier molecular flexibility index (Phi) is 6.16. The molecule has 1 aliphatic carbocycles. The third-order valence-corrected chi connectivity index (χ3v) is 4.80. The van der Waals surface area contributed by atoms with Crippen molar-refractivity contribution in [1.82, 2.24) is 4.90 Å². The van der Waals surface area contributed by atoms with E-state index in [0.717, 1.165) is 24.0 Å². The molecule has 4 heteroatoms. The molecule has 144 valence electrons. The van der Waals surface area contributed by atoms with Crippen LogP contribution in [0.4, 0.5) is 5.69 Å². The molecule has 1 N–H and O–H groups in total. The maximum Gasteiger partial charge on any atom is 0.247 e. The molecule has 0 heterocycles. The van der Waals surface area contributed by atoms with Crippen molar-refractivity contribution in [3.63, 3.8) is 0 Å². The molecular formula is C24H26N2O2. The molecule has 1 atom stereocenters. The van der Waals surface area contributed by atoms with Crippen molar-refractivity contribution < 1.29 is 9.59 Å². The lowest BCUT2D eigenvalue weighted by atomic mass is 10.0. The van der Waals surface area contributed by atoms with Crippen molar-refractivity contribution in [2.24, 2.45) is 5.92 Å². The third kappa shape index (κ3) is 4.80. The average Bonchev–Trinajstić information content (AvgIpc) is 3.50. The number of amides is 2. The highest BCUT2D eigenvalue weighted by Crippen LogP contribution is 2.31. The zero-order chi connectivity index (χ0) is 20.1. The van der Waals surface area contributed by atoms with Crippen molar-refractivity contribution in [3.8, 4) is 11.8 Å². The van der Waals surface area contributed by atoms with Gasteiger partial charge in [-0.3, -0.25) is 9.59 Å². The van der Waals surface area contributed by atoms with E-state index in [1.165, 1.54) is 0 Å². The van der Waals surface area contributed by atoms with Crippen molar-refractivity contribution in [3.05, 3.63) is 65.7 Å². The van der Waals surface area contributed by atoms with E-state index in [2.05, 4.69) is 17.2 Å². The van der Waals surface area contributed by atoms with E-state index < -0.39 is 6.04 Å². The summed E-state index contributed by atoms with van der Waals surface area (Å²) < 4.78 is 0. The topological polar surface area (TPSA) is 49.4 Å². The minimum atomic E-state index is -0.486. The largest absolute Gasteiger partial charge is 0.328 e. The van der Waals surface area contributed by atoms with Crippen LogP contribution >= 0.6 is 0 Å². The van der Waals surface area contributed by atoms with Gasteiger partial charge in [0.25, 0.3) is 0 Å². The molecular weight excluding hydrogens is 348 g/mol. The summed E-state index contributed by atoms with van der Waals surface area (Å²) in [5.74, 6) is 6.09. The average molecular weight is 374 g/mol. The highest BCUT2D eigenvalue weighted by molar-refractivity contribution is 5.98. The number of rotatable bonds is 5. The first-order valence-corrected chi connectivity index (χ1v) is 9.73. The fraction of sp³-hybridized carbons (Fsp3) is 0.333. The van der Waals surface area contributed by atoms with Crippen molar-refractivity contribution in [1.29, 1.82) is 0 Å². The summed E-state index contributed by atoms with van der Waals surface area (Å²) in [6.07, 6.45) is 1.93. The fourth-order valence-electron chi connectivity index (χ4n) is 3.35. The molecule has 0 saturated heterocycles. The summed E-state index contributed by atoms with van der Waals surface area (Å²) in [5.41, 5.74) is 2.34. The summed E-state index contributed by atoms with van der Waals surface area (Å²) in [5, 5.41) is 3.01. The number of benzene rings is 2. The maximum atomic E-state index is 13.1. The van der Waals surface area contributed by atoms with Gasteiger partial charge in [-0.25, -0.2) is 0 Å². The molecule has 1 unspecified atom stereocenters. The third-order valence-electron chi connectivity index (χ3n) is 4.80. The van der Waals surface area contributed by atoms with Gasteiger partial charge in [-0.2, -0.15) is 0 Å². The Labute approximate surface area is 166 Å². The van der Waals surface area contributed by atoms with Crippen LogP contribution in [0.15, 0.2) is 54.6 Å².